The zero-order valence-electron chi connectivity index (χ0n) is 15.5. The lowest BCUT2D eigenvalue weighted by atomic mass is 9.74. The van der Waals surface area contributed by atoms with E-state index < -0.39 is 0 Å². The van der Waals surface area contributed by atoms with Gasteiger partial charge >= 0.3 is 0 Å². The van der Waals surface area contributed by atoms with Crippen molar-refractivity contribution in [1.29, 1.82) is 0 Å². The first kappa shape index (κ1) is 19.2. The quantitative estimate of drug-likeness (QED) is 0.772. The molecule has 1 aliphatic rings. The number of aliphatic hydroxyl groups is 1. The van der Waals surface area contributed by atoms with Crippen LogP contribution in [-0.2, 0) is 13.0 Å². The molecule has 0 aliphatic carbocycles. The summed E-state index contributed by atoms with van der Waals surface area (Å²) in [6.45, 7) is 5.76. The van der Waals surface area contributed by atoms with E-state index in [2.05, 4.69) is 23.1 Å². The Morgan fingerprint density at radius 2 is 1.69 bits per heavy atom. The summed E-state index contributed by atoms with van der Waals surface area (Å²) in [4.78, 5) is 2.46. The minimum atomic E-state index is -0.0685. The van der Waals surface area contributed by atoms with Gasteiger partial charge in [-0.3, -0.25) is 4.90 Å². The number of para-hydroxylation sites is 1. The molecule has 0 bridgehead atoms. The van der Waals surface area contributed by atoms with Crippen molar-refractivity contribution < 1.29 is 9.84 Å². The monoisotopic (exact) mass is 373 g/mol. The summed E-state index contributed by atoms with van der Waals surface area (Å²) in [6, 6.07) is 16.2. The summed E-state index contributed by atoms with van der Waals surface area (Å²) >= 11 is 6.34. The van der Waals surface area contributed by atoms with E-state index in [0.717, 1.165) is 55.2 Å². The van der Waals surface area contributed by atoms with Crippen LogP contribution in [0, 0.1) is 5.41 Å². The highest BCUT2D eigenvalue weighted by Crippen LogP contribution is 2.37. The number of rotatable bonds is 7. The van der Waals surface area contributed by atoms with Crippen molar-refractivity contribution in [2.24, 2.45) is 5.41 Å². The zero-order valence-corrected chi connectivity index (χ0v) is 16.2. The number of hydrogen-bond acceptors (Lipinski definition) is 3. The van der Waals surface area contributed by atoms with Crippen molar-refractivity contribution in [2.75, 3.05) is 26.3 Å². The summed E-state index contributed by atoms with van der Waals surface area (Å²) < 4.78 is 5.75. The third-order valence-electron chi connectivity index (χ3n) is 5.44. The van der Waals surface area contributed by atoms with Crippen LogP contribution in [0.3, 0.4) is 0 Å². The van der Waals surface area contributed by atoms with Crippen molar-refractivity contribution in [3.8, 4) is 5.75 Å². The van der Waals surface area contributed by atoms with Crippen molar-refractivity contribution in [3.05, 3.63) is 64.7 Å². The molecule has 1 fully saturated rings. The van der Waals surface area contributed by atoms with Gasteiger partial charge in [-0.15, -0.1) is 0 Å². The smallest absolute Gasteiger partial charge is 0.123 e. The summed E-state index contributed by atoms with van der Waals surface area (Å²) in [6.07, 6.45) is 2.80. The fourth-order valence-electron chi connectivity index (χ4n) is 3.79. The zero-order chi connectivity index (χ0) is 18.4. The van der Waals surface area contributed by atoms with Crippen molar-refractivity contribution in [1.82, 2.24) is 4.90 Å². The highest BCUT2D eigenvalue weighted by molar-refractivity contribution is 6.31. The standard InChI is InChI=1S/C22H28ClNO2/c1-2-26-21-10-6-4-8-19(21)16-24-13-11-22(17-25,12-14-24)15-18-7-3-5-9-20(18)23/h3-10,25H,2,11-17H2,1H3. The number of hydrogen-bond donors (Lipinski definition) is 1. The summed E-state index contributed by atoms with van der Waals surface area (Å²) in [5, 5.41) is 10.9. The summed E-state index contributed by atoms with van der Waals surface area (Å²) in [7, 11) is 0. The second kappa shape index (κ2) is 8.90. The Hall–Kier alpha value is -1.55. The predicted molar refractivity (Wildman–Crippen MR) is 107 cm³/mol. The van der Waals surface area contributed by atoms with E-state index in [0.29, 0.717) is 6.61 Å². The topological polar surface area (TPSA) is 32.7 Å². The van der Waals surface area contributed by atoms with Gasteiger partial charge in [0.1, 0.15) is 5.75 Å². The maximum Gasteiger partial charge on any atom is 0.123 e. The molecule has 1 heterocycles. The highest BCUT2D eigenvalue weighted by atomic mass is 35.5. The van der Waals surface area contributed by atoms with Crippen LogP contribution in [-0.4, -0.2) is 36.3 Å². The van der Waals surface area contributed by atoms with E-state index in [-0.39, 0.29) is 12.0 Å². The third-order valence-corrected chi connectivity index (χ3v) is 5.81. The van der Waals surface area contributed by atoms with E-state index in [1.54, 1.807) is 0 Å². The maximum atomic E-state index is 10.1. The second-order valence-corrected chi connectivity index (χ2v) is 7.65. The lowest BCUT2D eigenvalue weighted by molar-refractivity contribution is 0.0411. The molecule has 140 valence electrons. The number of aliphatic hydroxyl groups excluding tert-OH is 1. The Bertz CT molecular complexity index is 711. The molecule has 4 heteroatoms. The van der Waals surface area contributed by atoms with Crippen molar-refractivity contribution >= 4 is 11.6 Å². The van der Waals surface area contributed by atoms with E-state index in [4.69, 9.17) is 16.3 Å². The Morgan fingerprint density at radius 3 is 2.35 bits per heavy atom. The van der Waals surface area contributed by atoms with Gasteiger partial charge in [-0.1, -0.05) is 48.0 Å². The van der Waals surface area contributed by atoms with Crippen LogP contribution in [0.5, 0.6) is 5.75 Å². The van der Waals surface area contributed by atoms with E-state index in [9.17, 15) is 5.11 Å². The Balaban J connectivity index is 1.63. The Labute approximate surface area is 161 Å². The summed E-state index contributed by atoms with van der Waals surface area (Å²) in [5.74, 6) is 0.977. The average Bonchev–Trinajstić information content (AvgIpc) is 2.67. The molecule has 0 atom stereocenters. The SMILES string of the molecule is CCOc1ccccc1CN1CCC(CO)(Cc2ccccc2Cl)CC1. The van der Waals surface area contributed by atoms with Gasteiger partial charge in [0.2, 0.25) is 0 Å². The first-order valence-electron chi connectivity index (χ1n) is 9.43. The molecule has 26 heavy (non-hydrogen) atoms. The first-order valence-corrected chi connectivity index (χ1v) is 9.81. The molecule has 1 N–H and O–H groups in total. The normalized spacial score (nSPS) is 17.2. The second-order valence-electron chi connectivity index (χ2n) is 7.24. The van der Waals surface area contributed by atoms with E-state index in [1.165, 1.54) is 5.56 Å². The molecule has 1 aliphatic heterocycles. The van der Waals surface area contributed by atoms with E-state index in [1.807, 2.05) is 37.3 Å². The number of piperidine rings is 1. The number of benzene rings is 2. The molecule has 0 radical (unpaired) electrons. The van der Waals surface area contributed by atoms with Gasteiger partial charge in [-0.2, -0.15) is 0 Å². The Kier molecular flexibility index (Phi) is 6.58. The molecule has 1 saturated heterocycles. The fraction of sp³-hybridized carbons (Fsp3) is 0.455. The van der Waals surface area contributed by atoms with Gasteiger partial charge in [-0.05, 0) is 62.4 Å². The number of halogens is 1. The number of likely N-dealkylation sites (tertiary alicyclic amines) is 1. The van der Waals surface area contributed by atoms with Gasteiger partial charge in [-0.25, -0.2) is 0 Å². The van der Waals surface area contributed by atoms with Gasteiger partial charge in [0.15, 0.2) is 0 Å². The molecule has 0 unspecified atom stereocenters. The lowest BCUT2D eigenvalue weighted by Gasteiger charge is -2.41. The van der Waals surface area contributed by atoms with Crippen LogP contribution in [0.4, 0.5) is 0 Å². The molecule has 3 rings (SSSR count). The third kappa shape index (κ3) is 4.59. The van der Waals surface area contributed by atoms with E-state index >= 15 is 0 Å². The molecule has 2 aromatic carbocycles. The molecule has 3 nitrogen and oxygen atoms in total. The molecule has 2 aromatic rings. The number of ether oxygens (including phenoxy) is 1. The van der Waals surface area contributed by atoms with Crippen LogP contribution in [0.2, 0.25) is 5.02 Å². The highest BCUT2D eigenvalue weighted by Gasteiger charge is 2.34. The minimum Gasteiger partial charge on any atom is -0.494 e. The molecular formula is C22H28ClNO2. The fourth-order valence-corrected chi connectivity index (χ4v) is 4.00. The molecule has 0 spiro atoms. The van der Waals surface area contributed by atoms with Crippen LogP contribution < -0.4 is 4.74 Å². The van der Waals surface area contributed by atoms with Crippen molar-refractivity contribution in [2.45, 2.75) is 32.7 Å². The minimum absolute atomic E-state index is 0.0685. The van der Waals surface area contributed by atoms with Crippen LogP contribution in [0.1, 0.15) is 30.9 Å². The maximum absolute atomic E-state index is 10.1. The molecule has 0 aromatic heterocycles. The predicted octanol–water partition coefficient (Wildman–Crippen LogP) is 4.56. The molecule has 0 amide bonds. The van der Waals surface area contributed by atoms with Gasteiger partial charge in [0.25, 0.3) is 0 Å². The first-order chi connectivity index (χ1) is 12.7. The van der Waals surface area contributed by atoms with Crippen LogP contribution in [0.25, 0.3) is 0 Å². The van der Waals surface area contributed by atoms with Gasteiger partial charge in [0.05, 0.1) is 6.61 Å². The summed E-state index contributed by atoms with van der Waals surface area (Å²) in [5.41, 5.74) is 2.30. The van der Waals surface area contributed by atoms with Crippen molar-refractivity contribution in [3.63, 3.8) is 0 Å². The lowest BCUT2D eigenvalue weighted by Crippen LogP contribution is -2.43. The molecule has 0 saturated carbocycles. The van der Waals surface area contributed by atoms with Gasteiger partial charge < -0.3 is 9.84 Å². The average molecular weight is 374 g/mol. The Morgan fingerprint density at radius 1 is 1.04 bits per heavy atom. The van der Waals surface area contributed by atoms with Crippen LogP contribution >= 0.6 is 11.6 Å². The van der Waals surface area contributed by atoms with Crippen LogP contribution in [0.15, 0.2) is 48.5 Å². The van der Waals surface area contributed by atoms with Gasteiger partial charge in [0, 0.05) is 23.7 Å². The number of nitrogens with zero attached hydrogens (tertiary/aromatic N) is 1. The largest absolute Gasteiger partial charge is 0.494 e. The molecular weight excluding hydrogens is 346 g/mol.